The van der Waals surface area contributed by atoms with E-state index in [1.54, 1.807) is 14.0 Å². The molecule has 0 aromatic heterocycles. The lowest BCUT2D eigenvalue weighted by Gasteiger charge is -2.25. The molecule has 4 nitrogen and oxygen atoms in total. The molecule has 1 saturated heterocycles. The van der Waals surface area contributed by atoms with Crippen LogP contribution in [-0.2, 0) is 4.79 Å². The van der Waals surface area contributed by atoms with Crippen molar-refractivity contribution in [1.82, 2.24) is 4.90 Å². The second-order valence-corrected chi connectivity index (χ2v) is 5.20. The molecule has 19 heavy (non-hydrogen) atoms. The highest BCUT2D eigenvalue weighted by Crippen LogP contribution is 2.30. The van der Waals surface area contributed by atoms with Gasteiger partial charge in [0.1, 0.15) is 5.75 Å². The highest BCUT2D eigenvalue weighted by Gasteiger charge is 2.35. The summed E-state index contributed by atoms with van der Waals surface area (Å²) in [5, 5.41) is 9.61. The molecule has 1 aliphatic rings. The third kappa shape index (κ3) is 2.89. The first kappa shape index (κ1) is 13.9. The van der Waals surface area contributed by atoms with Gasteiger partial charge >= 0.3 is 0 Å². The second kappa shape index (κ2) is 5.61. The lowest BCUT2D eigenvalue weighted by molar-refractivity contribution is -0.129. The van der Waals surface area contributed by atoms with Gasteiger partial charge in [0.05, 0.1) is 19.3 Å². The zero-order valence-electron chi connectivity index (χ0n) is 11.7. The van der Waals surface area contributed by atoms with Crippen LogP contribution in [0.4, 0.5) is 0 Å². The summed E-state index contributed by atoms with van der Waals surface area (Å²) in [6.45, 7) is 4.40. The Bertz CT molecular complexity index is 441. The maximum atomic E-state index is 12.0. The van der Waals surface area contributed by atoms with Gasteiger partial charge in [0, 0.05) is 18.9 Å². The predicted molar refractivity (Wildman–Crippen MR) is 72.9 cm³/mol. The van der Waals surface area contributed by atoms with E-state index in [9.17, 15) is 9.90 Å². The van der Waals surface area contributed by atoms with Crippen molar-refractivity contribution in [2.75, 3.05) is 13.7 Å². The Morgan fingerprint density at radius 2 is 1.95 bits per heavy atom. The predicted octanol–water partition coefficient (Wildman–Crippen LogP) is 1.99. The number of carbonyl (C=O) groups excluding carboxylic acids is 1. The van der Waals surface area contributed by atoms with Crippen LogP contribution in [0.2, 0.25) is 0 Å². The minimum Gasteiger partial charge on any atom is -0.497 e. The topological polar surface area (TPSA) is 49.8 Å². The van der Waals surface area contributed by atoms with Gasteiger partial charge in [-0.05, 0) is 31.5 Å². The van der Waals surface area contributed by atoms with E-state index in [0.29, 0.717) is 13.0 Å². The van der Waals surface area contributed by atoms with E-state index in [2.05, 4.69) is 0 Å². The maximum absolute atomic E-state index is 12.0. The van der Waals surface area contributed by atoms with Gasteiger partial charge in [-0.1, -0.05) is 12.1 Å². The van der Waals surface area contributed by atoms with Gasteiger partial charge in [0.25, 0.3) is 0 Å². The number of aliphatic hydroxyl groups excluding tert-OH is 1. The quantitative estimate of drug-likeness (QED) is 0.903. The Morgan fingerprint density at radius 1 is 1.32 bits per heavy atom. The van der Waals surface area contributed by atoms with Crippen molar-refractivity contribution < 1.29 is 14.6 Å². The first-order valence-corrected chi connectivity index (χ1v) is 6.64. The molecule has 3 unspecified atom stereocenters. The van der Waals surface area contributed by atoms with Crippen molar-refractivity contribution in [3.8, 4) is 5.75 Å². The number of hydrogen-bond acceptors (Lipinski definition) is 3. The zero-order chi connectivity index (χ0) is 14.0. The normalized spacial score (nSPS) is 22.4. The molecule has 104 valence electrons. The molecule has 0 saturated carbocycles. The van der Waals surface area contributed by atoms with Crippen molar-refractivity contribution in [2.45, 2.75) is 32.4 Å². The summed E-state index contributed by atoms with van der Waals surface area (Å²) < 4.78 is 5.13. The van der Waals surface area contributed by atoms with E-state index in [-0.39, 0.29) is 17.9 Å². The molecule has 1 N–H and O–H groups in total. The SMILES string of the molecule is COc1ccc(C(C)N2CC(C(C)O)CC2=O)cc1. The number of rotatable bonds is 4. The van der Waals surface area contributed by atoms with E-state index < -0.39 is 6.10 Å². The molecule has 1 amide bonds. The first-order chi connectivity index (χ1) is 9.02. The number of carbonyl (C=O) groups is 1. The highest BCUT2D eigenvalue weighted by molar-refractivity contribution is 5.79. The smallest absolute Gasteiger partial charge is 0.223 e. The number of nitrogens with zero attached hydrogens (tertiary/aromatic N) is 1. The largest absolute Gasteiger partial charge is 0.497 e. The molecule has 1 aromatic carbocycles. The fourth-order valence-electron chi connectivity index (χ4n) is 2.52. The van der Waals surface area contributed by atoms with Crippen LogP contribution in [0, 0.1) is 5.92 Å². The van der Waals surface area contributed by atoms with Crippen molar-refractivity contribution in [2.24, 2.45) is 5.92 Å². The second-order valence-electron chi connectivity index (χ2n) is 5.20. The summed E-state index contributed by atoms with van der Waals surface area (Å²) in [5.41, 5.74) is 1.08. The lowest BCUT2D eigenvalue weighted by Crippen LogP contribution is -2.29. The Hall–Kier alpha value is -1.55. The molecule has 1 fully saturated rings. The number of likely N-dealkylation sites (tertiary alicyclic amines) is 1. The monoisotopic (exact) mass is 263 g/mol. The average molecular weight is 263 g/mol. The lowest BCUT2D eigenvalue weighted by atomic mass is 10.0. The Morgan fingerprint density at radius 3 is 2.42 bits per heavy atom. The molecule has 0 spiro atoms. The van der Waals surface area contributed by atoms with E-state index in [1.165, 1.54) is 0 Å². The van der Waals surface area contributed by atoms with Gasteiger partial charge in [-0.3, -0.25) is 4.79 Å². The fraction of sp³-hybridized carbons (Fsp3) is 0.533. The molecular weight excluding hydrogens is 242 g/mol. The van der Waals surface area contributed by atoms with Crippen LogP contribution in [0.15, 0.2) is 24.3 Å². The Balaban J connectivity index is 2.10. The minimum atomic E-state index is -0.433. The molecule has 1 heterocycles. The van der Waals surface area contributed by atoms with Gasteiger partial charge < -0.3 is 14.7 Å². The molecular formula is C15H21NO3. The highest BCUT2D eigenvalue weighted by atomic mass is 16.5. The van der Waals surface area contributed by atoms with Crippen LogP contribution < -0.4 is 4.74 Å². The van der Waals surface area contributed by atoms with Gasteiger partial charge in [-0.2, -0.15) is 0 Å². The first-order valence-electron chi connectivity index (χ1n) is 6.64. The summed E-state index contributed by atoms with van der Waals surface area (Å²) in [7, 11) is 1.63. The number of ether oxygens (including phenoxy) is 1. The van der Waals surface area contributed by atoms with Crippen molar-refractivity contribution in [3.63, 3.8) is 0 Å². The maximum Gasteiger partial charge on any atom is 0.223 e. The standard InChI is InChI=1S/C15H21NO3/c1-10(12-4-6-14(19-3)7-5-12)16-9-13(11(2)17)8-15(16)18/h4-7,10-11,13,17H,8-9H2,1-3H3. The van der Waals surface area contributed by atoms with Gasteiger partial charge in [-0.15, -0.1) is 0 Å². The molecule has 0 radical (unpaired) electrons. The fourth-order valence-corrected chi connectivity index (χ4v) is 2.52. The zero-order valence-corrected chi connectivity index (χ0v) is 11.7. The Labute approximate surface area is 114 Å². The van der Waals surface area contributed by atoms with E-state index >= 15 is 0 Å². The van der Waals surface area contributed by atoms with Gasteiger partial charge in [0.2, 0.25) is 5.91 Å². The van der Waals surface area contributed by atoms with Gasteiger partial charge in [-0.25, -0.2) is 0 Å². The number of amides is 1. The van der Waals surface area contributed by atoms with Crippen molar-refractivity contribution in [3.05, 3.63) is 29.8 Å². The molecule has 1 aromatic rings. The van der Waals surface area contributed by atoms with E-state index in [0.717, 1.165) is 11.3 Å². The van der Waals surface area contributed by atoms with Crippen LogP contribution in [0.3, 0.4) is 0 Å². The molecule has 2 rings (SSSR count). The molecule has 0 aliphatic carbocycles. The third-order valence-electron chi connectivity index (χ3n) is 3.94. The Kier molecular flexibility index (Phi) is 4.10. The van der Waals surface area contributed by atoms with Crippen LogP contribution in [0.25, 0.3) is 0 Å². The van der Waals surface area contributed by atoms with Crippen molar-refractivity contribution >= 4 is 5.91 Å². The number of methoxy groups -OCH3 is 1. The summed E-state index contributed by atoms with van der Waals surface area (Å²) in [4.78, 5) is 13.9. The number of aliphatic hydroxyl groups is 1. The molecule has 0 bridgehead atoms. The van der Waals surface area contributed by atoms with Gasteiger partial charge in [0.15, 0.2) is 0 Å². The molecule has 3 atom stereocenters. The van der Waals surface area contributed by atoms with Crippen LogP contribution in [0.1, 0.15) is 31.9 Å². The number of benzene rings is 1. The third-order valence-corrected chi connectivity index (χ3v) is 3.94. The van der Waals surface area contributed by atoms with E-state index in [1.807, 2.05) is 36.1 Å². The molecule has 4 heteroatoms. The minimum absolute atomic E-state index is 0.0298. The van der Waals surface area contributed by atoms with Crippen LogP contribution in [-0.4, -0.2) is 35.7 Å². The summed E-state index contributed by atoms with van der Waals surface area (Å²) in [5.74, 6) is 0.980. The molecule has 1 aliphatic heterocycles. The van der Waals surface area contributed by atoms with E-state index in [4.69, 9.17) is 4.74 Å². The van der Waals surface area contributed by atoms with Crippen molar-refractivity contribution in [1.29, 1.82) is 0 Å². The average Bonchev–Trinajstić information content (AvgIpc) is 2.80. The number of hydrogen-bond donors (Lipinski definition) is 1. The van der Waals surface area contributed by atoms with Crippen LogP contribution >= 0.6 is 0 Å². The van der Waals surface area contributed by atoms with Crippen LogP contribution in [0.5, 0.6) is 5.75 Å². The summed E-state index contributed by atoms with van der Waals surface area (Å²) in [6.07, 6.45) is 0.00930. The summed E-state index contributed by atoms with van der Waals surface area (Å²) in [6, 6.07) is 7.79. The summed E-state index contributed by atoms with van der Waals surface area (Å²) >= 11 is 0.